The minimum Gasteiger partial charge on any atom is -0.481 e. The average Bonchev–Trinajstić information content (AvgIpc) is 2.59. The first-order valence-electron chi connectivity index (χ1n) is 5.93. The lowest BCUT2D eigenvalue weighted by Gasteiger charge is -2.19. The van der Waals surface area contributed by atoms with Gasteiger partial charge in [0.1, 0.15) is 11.5 Å². The van der Waals surface area contributed by atoms with Gasteiger partial charge >= 0.3 is 5.97 Å². The minimum atomic E-state index is -0.729. The second-order valence-corrected chi connectivity index (χ2v) is 4.73. The zero-order valence-electron chi connectivity index (χ0n) is 10.8. The summed E-state index contributed by atoms with van der Waals surface area (Å²) in [5.41, 5.74) is 0. The Morgan fingerprint density at radius 3 is 2.76 bits per heavy atom. The van der Waals surface area contributed by atoms with Gasteiger partial charge in [-0.05, 0) is 32.0 Å². The number of likely N-dealkylation sites (N-methyl/N-ethyl adjacent to an activating group) is 1. The molecule has 96 valence electrons. The van der Waals surface area contributed by atoms with Crippen LogP contribution in [0, 0.1) is 12.8 Å². The van der Waals surface area contributed by atoms with Gasteiger partial charge in [0.25, 0.3) is 0 Å². The SMILES string of the molecule is Cc1ccc(CCN(C)CC(C)CC(=O)O)o1. The minimum absolute atomic E-state index is 0.177. The van der Waals surface area contributed by atoms with E-state index in [-0.39, 0.29) is 12.3 Å². The highest BCUT2D eigenvalue weighted by atomic mass is 16.4. The highest BCUT2D eigenvalue weighted by Gasteiger charge is 2.10. The Labute approximate surface area is 102 Å². The number of furan rings is 1. The third kappa shape index (κ3) is 5.54. The van der Waals surface area contributed by atoms with Crippen molar-refractivity contribution in [3.8, 4) is 0 Å². The topological polar surface area (TPSA) is 53.7 Å². The number of hydrogen-bond acceptors (Lipinski definition) is 3. The molecule has 17 heavy (non-hydrogen) atoms. The third-order valence-corrected chi connectivity index (χ3v) is 2.68. The molecule has 4 nitrogen and oxygen atoms in total. The lowest BCUT2D eigenvalue weighted by molar-refractivity contribution is -0.138. The molecule has 1 atom stereocenters. The first kappa shape index (κ1) is 13.8. The van der Waals surface area contributed by atoms with Gasteiger partial charge < -0.3 is 14.4 Å². The summed E-state index contributed by atoms with van der Waals surface area (Å²) in [6, 6.07) is 3.95. The van der Waals surface area contributed by atoms with Gasteiger partial charge in [0.05, 0.1) is 0 Å². The first-order valence-corrected chi connectivity index (χ1v) is 5.93. The summed E-state index contributed by atoms with van der Waals surface area (Å²) >= 11 is 0. The quantitative estimate of drug-likeness (QED) is 0.792. The Bertz CT molecular complexity index is 359. The first-order chi connectivity index (χ1) is 7.97. The maximum absolute atomic E-state index is 10.5. The Balaban J connectivity index is 2.25. The Kier molecular flexibility index (Phi) is 5.22. The molecule has 1 aromatic rings. The van der Waals surface area contributed by atoms with Crippen LogP contribution in [-0.4, -0.2) is 36.1 Å². The number of hydrogen-bond donors (Lipinski definition) is 1. The largest absolute Gasteiger partial charge is 0.481 e. The van der Waals surface area contributed by atoms with E-state index >= 15 is 0 Å². The molecule has 1 heterocycles. The molecule has 0 bridgehead atoms. The third-order valence-electron chi connectivity index (χ3n) is 2.68. The average molecular weight is 239 g/mol. The molecule has 4 heteroatoms. The zero-order valence-corrected chi connectivity index (χ0v) is 10.8. The van der Waals surface area contributed by atoms with E-state index in [4.69, 9.17) is 9.52 Å². The second kappa shape index (κ2) is 6.45. The van der Waals surface area contributed by atoms with Gasteiger partial charge in [0, 0.05) is 25.9 Å². The summed E-state index contributed by atoms with van der Waals surface area (Å²) in [4.78, 5) is 12.7. The van der Waals surface area contributed by atoms with Crippen LogP contribution >= 0.6 is 0 Å². The number of carboxylic acid groups (broad SMARTS) is 1. The standard InChI is InChI=1S/C13H21NO3/c1-10(8-13(15)16)9-14(3)7-6-12-5-4-11(2)17-12/h4-5,10H,6-9H2,1-3H3,(H,15,16). The monoisotopic (exact) mass is 239 g/mol. The maximum atomic E-state index is 10.5. The number of carbonyl (C=O) groups is 1. The van der Waals surface area contributed by atoms with Gasteiger partial charge in [-0.25, -0.2) is 0 Å². The van der Waals surface area contributed by atoms with E-state index in [0.717, 1.165) is 31.0 Å². The van der Waals surface area contributed by atoms with Crippen LogP contribution in [0.1, 0.15) is 24.9 Å². The fraction of sp³-hybridized carbons (Fsp3) is 0.615. The van der Waals surface area contributed by atoms with Crippen molar-refractivity contribution in [2.75, 3.05) is 20.1 Å². The van der Waals surface area contributed by atoms with Crippen LogP contribution in [0.4, 0.5) is 0 Å². The van der Waals surface area contributed by atoms with E-state index < -0.39 is 5.97 Å². The fourth-order valence-corrected chi connectivity index (χ4v) is 1.91. The van der Waals surface area contributed by atoms with Crippen molar-refractivity contribution >= 4 is 5.97 Å². The molecule has 0 aliphatic carbocycles. The zero-order chi connectivity index (χ0) is 12.8. The summed E-state index contributed by atoms with van der Waals surface area (Å²) in [5.74, 6) is 1.37. The van der Waals surface area contributed by atoms with Crippen molar-refractivity contribution in [2.24, 2.45) is 5.92 Å². The van der Waals surface area contributed by atoms with Gasteiger partial charge in [-0.2, -0.15) is 0 Å². The summed E-state index contributed by atoms with van der Waals surface area (Å²) in [6.45, 7) is 5.58. The molecule has 1 aromatic heterocycles. The lowest BCUT2D eigenvalue weighted by atomic mass is 10.1. The Morgan fingerprint density at radius 1 is 1.53 bits per heavy atom. The molecule has 0 aliphatic rings. The molecule has 1 N–H and O–H groups in total. The molecule has 0 saturated heterocycles. The van der Waals surface area contributed by atoms with Gasteiger partial charge in [-0.3, -0.25) is 4.79 Å². The molecule has 1 rings (SSSR count). The van der Waals surface area contributed by atoms with Crippen LogP contribution in [0.15, 0.2) is 16.5 Å². The van der Waals surface area contributed by atoms with Gasteiger partial charge in [0.15, 0.2) is 0 Å². The van der Waals surface area contributed by atoms with E-state index in [0.29, 0.717) is 0 Å². The second-order valence-electron chi connectivity index (χ2n) is 4.73. The predicted octanol–water partition coefficient (Wildman–Crippen LogP) is 2.17. The lowest BCUT2D eigenvalue weighted by Crippen LogP contribution is -2.27. The maximum Gasteiger partial charge on any atom is 0.303 e. The molecular formula is C13H21NO3. The van der Waals surface area contributed by atoms with Crippen LogP contribution in [-0.2, 0) is 11.2 Å². The number of aryl methyl sites for hydroxylation is 1. The van der Waals surface area contributed by atoms with Gasteiger partial charge in [-0.1, -0.05) is 6.92 Å². The highest BCUT2D eigenvalue weighted by Crippen LogP contribution is 2.09. The summed E-state index contributed by atoms with van der Waals surface area (Å²) in [7, 11) is 2.01. The van der Waals surface area contributed by atoms with Crippen LogP contribution in [0.3, 0.4) is 0 Å². The Morgan fingerprint density at radius 2 is 2.24 bits per heavy atom. The molecule has 0 saturated carbocycles. The predicted molar refractivity (Wildman–Crippen MR) is 66.1 cm³/mol. The van der Waals surface area contributed by atoms with Crippen molar-refractivity contribution in [3.05, 3.63) is 23.7 Å². The fourth-order valence-electron chi connectivity index (χ4n) is 1.91. The van der Waals surface area contributed by atoms with E-state index in [1.54, 1.807) is 0 Å². The van der Waals surface area contributed by atoms with Gasteiger partial charge in [0.2, 0.25) is 0 Å². The van der Waals surface area contributed by atoms with Gasteiger partial charge in [-0.15, -0.1) is 0 Å². The van der Waals surface area contributed by atoms with E-state index in [1.807, 2.05) is 33.0 Å². The number of aliphatic carboxylic acids is 1. The molecule has 0 fully saturated rings. The molecule has 0 spiro atoms. The molecule has 0 amide bonds. The summed E-state index contributed by atoms with van der Waals surface area (Å²) in [5, 5.41) is 8.67. The summed E-state index contributed by atoms with van der Waals surface area (Å²) in [6.07, 6.45) is 1.09. The molecule has 1 unspecified atom stereocenters. The van der Waals surface area contributed by atoms with E-state index in [2.05, 4.69) is 4.90 Å². The number of carboxylic acids is 1. The van der Waals surface area contributed by atoms with Crippen LogP contribution in [0.2, 0.25) is 0 Å². The van der Waals surface area contributed by atoms with Crippen molar-refractivity contribution in [1.82, 2.24) is 4.90 Å². The van der Waals surface area contributed by atoms with E-state index in [9.17, 15) is 4.79 Å². The van der Waals surface area contributed by atoms with Crippen LogP contribution in [0.25, 0.3) is 0 Å². The number of rotatable bonds is 7. The Hall–Kier alpha value is -1.29. The smallest absolute Gasteiger partial charge is 0.303 e. The van der Waals surface area contributed by atoms with Crippen molar-refractivity contribution < 1.29 is 14.3 Å². The van der Waals surface area contributed by atoms with Crippen molar-refractivity contribution in [3.63, 3.8) is 0 Å². The molecule has 0 aromatic carbocycles. The number of nitrogens with zero attached hydrogens (tertiary/aromatic N) is 1. The van der Waals surface area contributed by atoms with E-state index in [1.165, 1.54) is 0 Å². The molecule has 0 radical (unpaired) electrons. The molecular weight excluding hydrogens is 218 g/mol. The van der Waals surface area contributed by atoms with Crippen molar-refractivity contribution in [2.45, 2.75) is 26.7 Å². The highest BCUT2D eigenvalue weighted by molar-refractivity contribution is 5.66. The van der Waals surface area contributed by atoms with Crippen LogP contribution < -0.4 is 0 Å². The molecule has 0 aliphatic heterocycles. The van der Waals surface area contributed by atoms with Crippen LogP contribution in [0.5, 0.6) is 0 Å². The summed E-state index contributed by atoms with van der Waals surface area (Å²) < 4.78 is 5.48. The van der Waals surface area contributed by atoms with Crippen molar-refractivity contribution in [1.29, 1.82) is 0 Å². The normalized spacial score (nSPS) is 12.9.